The van der Waals surface area contributed by atoms with Gasteiger partial charge in [-0.2, -0.15) is 0 Å². The van der Waals surface area contributed by atoms with E-state index in [1.54, 1.807) is 29.1 Å². The Bertz CT molecular complexity index is 856. The maximum atomic E-state index is 11.4. The maximum absolute atomic E-state index is 11.4. The van der Waals surface area contributed by atoms with E-state index in [2.05, 4.69) is 20.2 Å². The van der Waals surface area contributed by atoms with Crippen molar-refractivity contribution in [2.45, 2.75) is 6.42 Å². The van der Waals surface area contributed by atoms with Crippen molar-refractivity contribution in [2.75, 3.05) is 32.5 Å². The Balaban J connectivity index is 2.03. The summed E-state index contributed by atoms with van der Waals surface area (Å²) in [5.41, 5.74) is 1.44. The molecule has 0 aromatic carbocycles. The summed E-state index contributed by atoms with van der Waals surface area (Å²) in [6.07, 6.45) is 6.12. The third-order valence-corrected chi connectivity index (χ3v) is 3.70. The van der Waals surface area contributed by atoms with Gasteiger partial charge >= 0.3 is 5.97 Å². The van der Waals surface area contributed by atoms with Gasteiger partial charge < -0.3 is 15.3 Å². The van der Waals surface area contributed by atoms with Gasteiger partial charge in [0.2, 0.25) is 0 Å². The van der Waals surface area contributed by atoms with Crippen LogP contribution in [-0.4, -0.2) is 57.5 Å². The van der Waals surface area contributed by atoms with Crippen LogP contribution in [0.4, 0.5) is 5.82 Å². The number of nitrogens with one attached hydrogen (secondary N) is 1. The van der Waals surface area contributed by atoms with E-state index in [-0.39, 0.29) is 5.56 Å². The number of rotatable bonds is 6. The Morgan fingerprint density at radius 1 is 1.39 bits per heavy atom. The van der Waals surface area contributed by atoms with Crippen LogP contribution < -0.4 is 5.32 Å². The number of nitrogens with zero attached hydrogens (tertiary/aromatic N) is 4. The largest absolute Gasteiger partial charge is 0.478 e. The van der Waals surface area contributed by atoms with Gasteiger partial charge in [0.25, 0.3) is 0 Å². The van der Waals surface area contributed by atoms with Gasteiger partial charge in [0.05, 0.1) is 11.7 Å². The summed E-state index contributed by atoms with van der Waals surface area (Å²) < 4.78 is 1.76. The Hall–Kier alpha value is -2.67. The van der Waals surface area contributed by atoms with Crippen LogP contribution in [0.25, 0.3) is 16.6 Å². The molecule has 0 saturated heterocycles. The third kappa shape index (κ3) is 2.95. The highest BCUT2D eigenvalue weighted by Crippen LogP contribution is 2.24. The first-order valence-electron chi connectivity index (χ1n) is 7.44. The van der Waals surface area contributed by atoms with E-state index in [4.69, 9.17) is 0 Å². The summed E-state index contributed by atoms with van der Waals surface area (Å²) in [6.45, 7) is 1.74. The summed E-state index contributed by atoms with van der Waals surface area (Å²) in [7, 11) is 4.07. The molecule has 0 radical (unpaired) electrons. The molecular weight excluding hydrogens is 294 g/mol. The lowest BCUT2D eigenvalue weighted by Gasteiger charge is -2.13. The molecular formula is C16H19N5O2. The van der Waals surface area contributed by atoms with Gasteiger partial charge in [-0.3, -0.25) is 9.38 Å². The lowest BCUT2D eigenvalue weighted by molar-refractivity contribution is 0.0699. The van der Waals surface area contributed by atoms with Crippen LogP contribution in [0.3, 0.4) is 0 Å². The Kier molecular flexibility index (Phi) is 4.12. The summed E-state index contributed by atoms with van der Waals surface area (Å²) in [6, 6.07) is 3.45. The number of pyridine rings is 1. The van der Waals surface area contributed by atoms with E-state index in [0.29, 0.717) is 11.5 Å². The minimum Gasteiger partial charge on any atom is -0.478 e. The molecule has 7 heteroatoms. The van der Waals surface area contributed by atoms with Gasteiger partial charge in [0.1, 0.15) is 11.4 Å². The van der Waals surface area contributed by atoms with Crippen molar-refractivity contribution >= 4 is 28.3 Å². The number of aromatic carboxylic acids is 1. The predicted molar refractivity (Wildman–Crippen MR) is 89.1 cm³/mol. The average molecular weight is 313 g/mol. The van der Waals surface area contributed by atoms with Gasteiger partial charge in [-0.1, -0.05) is 0 Å². The lowest BCUT2D eigenvalue weighted by atomic mass is 10.2. The van der Waals surface area contributed by atoms with Gasteiger partial charge in [0.15, 0.2) is 5.65 Å². The lowest BCUT2D eigenvalue weighted by Crippen LogP contribution is -2.17. The Morgan fingerprint density at radius 2 is 2.22 bits per heavy atom. The van der Waals surface area contributed by atoms with Crippen LogP contribution in [0.5, 0.6) is 0 Å². The first-order valence-corrected chi connectivity index (χ1v) is 7.44. The number of carbonyl (C=O) groups is 1. The summed E-state index contributed by atoms with van der Waals surface area (Å²) in [5, 5.41) is 13.6. The third-order valence-electron chi connectivity index (χ3n) is 3.70. The molecule has 3 aromatic heterocycles. The van der Waals surface area contributed by atoms with Crippen LogP contribution in [0, 0.1) is 0 Å². The SMILES string of the molecule is CN(C)CCCNc1nc2c(C(=O)O)ccn2c2cnccc12. The molecule has 0 aliphatic heterocycles. The van der Waals surface area contributed by atoms with Crippen molar-refractivity contribution in [1.29, 1.82) is 0 Å². The maximum Gasteiger partial charge on any atom is 0.339 e. The van der Waals surface area contributed by atoms with Crippen LogP contribution in [0.1, 0.15) is 16.8 Å². The molecule has 3 rings (SSSR count). The van der Waals surface area contributed by atoms with E-state index < -0.39 is 5.97 Å². The molecule has 120 valence electrons. The molecule has 3 aromatic rings. The van der Waals surface area contributed by atoms with Crippen LogP contribution in [-0.2, 0) is 0 Å². The van der Waals surface area contributed by atoms with Crippen molar-refractivity contribution in [1.82, 2.24) is 19.3 Å². The molecule has 0 saturated carbocycles. The molecule has 0 aliphatic rings. The molecule has 23 heavy (non-hydrogen) atoms. The number of aromatic nitrogens is 3. The molecule has 2 N–H and O–H groups in total. The van der Waals surface area contributed by atoms with Crippen LogP contribution in [0.15, 0.2) is 30.7 Å². The molecule has 0 atom stereocenters. The molecule has 0 aliphatic carbocycles. The molecule has 0 fully saturated rings. The van der Waals surface area contributed by atoms with Gasteiger partial charge in [-0.05, 0) is 39.2 Å². The van der Waals surface area contributed by atoms with Crippen molar-refractivity contribution in [3.63, 3.8) is 0 Å². The van der Waals surface area contributed by atoms with Crippen LogP contribution in [0.2, 0.25) is 0 Å². The number of carboxylic acid groups (broad SMARTS) is 1. The second kappa shape index (κ2) is 6.21. The molecule has 3 heterocycles. The van der Waals surface area contributed by atoms with E-state index in [1.807, 2.05) is 20.2 Å². The fraction of sp³-hybridized carbons (Fsp3) is 0.312. The zero-order chi connectivity index (χ0) is 16.4. The average Bonchev–Trinajstić information content (AvgIpc) is 2.95. The summed E-state index contributed by atoms with van der Waals surface area (Å²) in [4.78, 5) is 22.2. The summed E-state index contributed by atoms with van der Waals surface area (Å²) in [5.74, 6) is -0.295. The van der Waals surface area contributed by atoms with Crippen molar-refractivity contribution in [3.05, 3.63) is 36.3 Å². The van der Waals surface area contributed by atoms with E-state index in [0.717, 1.165) is 30.4 Å². The first kappa shape index (κ1) is 15.2. The van der Waals surface area contributed by atoms with E-state index in [9.17, 15) is 9.90 Å². The van der Waals surface area contributed by atoms with E-state index in [1.165, 1.54) is 0 Å². The topological polar surface area (TPSA) is 82.8 Å². The number of hydrogen-bond acceptors (Lipinski definition) is 5. The van der Waals surface area contributed by atoms with Gasteiger partial charge in [-0.15, -0.1) is 0 Å². The smallest absolute Gasteiger partial charge is 0.339 e. The normalized spacial score (nSPS) is 11.4. The minimum absolute atomic E-state index is 0.187. The Morgan fingerprint density at radius 3 is 2.96 bits per heavy atom. The number of fused-ring (bicyclic) bond motifs is 3. The van der Waals surface area contributed by atoms with Crippen molar-refractivity contribution < 1.29 is 9.90 Å². The molecule has 7 nitrogen and oxygen atoms in total. The van der Waals surface area contributed by atoms with E-state index >= 15 is 0 Å². The second-order valence-electron chi connectivity index (χ2n) is 5.67. The highest BCUT2D eigenvalue weighted by Gasteiger charge is 2.15. The van der Waals surface area contributed by atoms with Crippen LogP contribution >= 0.6 is 0 Å². The zero-order valence-electron chi connectivity index (χ0n) is 13.2. The summed E-state index contributed by atoms with van der Waals surface area (Å²) >= 11 is 0. The van der Waals surface area contributed by atoms with Crippen molar-refractivity contribution in [2.24, 2.45) is 0 Å². The number of anilines is 1. The highest BCUT2D eigenvalue weighted by atomic mass is 16.4. The highest BCUT2D eigenvalue weighted by molar-refractivity contribution is 5.98. The second-order valence-corrected chi connectivity index (χ2v) is 5.67. The zero-order valence-corrected chi connectivity index (χ0v) is 13.2. The minimum atomic E-state index is -0.984. The Labute approximate surface area is 133 Å². The molecule has 0 amide bonds. The fourth-order valence-corrected chi connectivity index (χ4v) is 2.58. The quantitative estimate of drug-likeness (QED) is 0.677. The molecule has 0 bridgehead atoms. The molecule has 0 spiro atoms. The number of hydrogen-bond donors (Lipinski definition) is 2. The van der Waals surface area contributed by atoms with Gasteiger partial charge in [-0.25, -0.2) is 9.78 Å². The number of carboxylic acids is 1. The first-order chi connectivity index (χ1) is 11.1. The van der Waals surface area contributed by atoms with Gasteiger partial charge in [0, 0.05) is 24.3 Å². The molecule has 0 unspecified atom stereocenters. The standard InChI is InChI=1S/C16H19N5O2/c1-20(2)8-3-6-18-14-11-4-7-17-10-13(11)21-9-5-12(16(22)23)15(21)19-14/h4-5,7,9-10H,3,6,8H2,1-2H3,(H,18,19)(H,22,23). The predicted octanol–water partition coefficient (Wildman–Crippen LogP) is 1.94. The van der Waals surface area contributed by atoms with Crippen molar-refractivity contribution in [3.8, 4) is 0 Å². The fourth-order valence-electron chi connectivity index (χ4n) is 2.58. The monoisotopic (exact) mass is 313 g/mol.